The summed E-state index contributed by atoms with van der Waals surface area (Å²) in [6.07, 6.45) is -0.761. The van der Waals surface area contributed by atoms with Crippen molar-refractivity contribution in [3.8, 4) is 23.0 Å². The molecule has 0 spiro atoms. The number of amides is 1. The highest BCUT2D eigenvalue weighted by molar-refractivity contribution is 5.95. The number of pyridine rings is 1. The third-order valence-electron chi connectivity index (χ3n) is 9.62. The van der Waals surface area contributed by atoms with Crippen LogP contribution in [0.1, 0.15) is 60.2 Å². The van der Waals surface area contributed by atoms with Gasteiger partial charge < -0.3 is 23.8 Å². The van der Waals surface area contributed by atoms with Crippen molar-refractivity contribution in [3.05, 3.63) is 148 Å². The van der Waals surface area contributed by atoms with Gasteiger partial charge in [0.25, 0.3) is 5.69 Å². The summed E-state index contributed by atoms with van der Waals surface area (Å²) in [5, 5.41) is 17.0. The standard InChI is InChI=1S/C44H43N5O8/c1-44(2,3)57-43(51)48-24-23-34(38(26-48)56-42(50)31-15-18-33(19-16-31)49(52)53)32-17-20-35-37(25-32)47(4)46-40(35)36-21-22-39(54-27-29-11-7-5-8-12-29)45-41(36)55-28-30-13-9-6-10-14-30/h5-22,25,34,38H,23-24,26-28H2,1-4H3/t34?,38-/m0/s1. The summed E-state index contributed by atoms with van der Waals surface area (Å²) in [6, 6.07) is 34.7. The molecule has 0 radical (unpaired) electrons. The summed E-state index contributed by atoms with van der Waals surface area (Å²) in [6.45, 7) is 6.50. The Balaban J connectivity index is 1.19. The molecule has 4 aromatic carbocycles. The van der Waals surface area contributed by atoms with E-state index < -0.39 is 28.7 Å². The van der Waals surface area contributed by atoms with Gasteiger partial charge in [-0.3, -0.25) is 14.8 Å². The van der Waals surface area contributed by atoms with Gasteiger partial charge in [-0.05, 0) is 68.1 Å². The van der Waals surface area contributed by atoms with Crippen LogP contribution in [0.2, 0.25) is 0 Å². The fourth-order valence-corrected chi connectivity index (χ4v) is 6.79. The number of piperidine rings is 1. The topological polar surface area (TPSA) is 148 Å². The molecule has 1 aliphatic heterocycles. The molecule has 3 heterocycles. The van der Waals surface area contributed by atoms with Crippen LogP contribution in [0.25, 0.3) is 22.2 Å². The van der Waals surface area contributed by atoms with Crippen molar-refractivity contribution in [2.45, 2.75) is 58.0 Å². The van der Waals surface area contributed by atoms with Gasteiger partial charge in [-0.25, -0.2) is 9.59 Å². The number of carbonyl (C=O) groups excluding carboxylic acids is 2. The minimum atomic E-state index is -0.746. The van der Waals surface area contributed by atoms with Crippen LogP contribution >= 0.6 is 0 Å². The lowest BCUT2D eigenvalue weighted by molar-refractivity contribution is -0.384. The molecule has 1 unspecified atom stereocenters. The summed E-state index contributed by atoms with van der Waals surface area (Å²) in [5.41, 5.74) is 4.40. The highest BCUT2D eigenvalue weighted by Gasteiger charge is 2.37. The zero-order chi connectivity index (χ0) is 40.1. The zero-order valence-corrected chi connectivity index (χ0v) is 32.2. The maximum atomic E-state index is 13.4. The van der Waals surface area contributed by atoms with E-state index in [1.54, 1.807) is 30.4 Å². The molecule has 2 aromatic heterocycles. The maximum absolute atomic E-state index is 13.4. The van der Waals surface area contributed by atoms with E-state index in [0.29, 0.717) is 49.2 Å². The van der Waals surface area contributed by atoms with Crippen molar-refractivity contribution < 1.29 is 33.5 Å². The van der Waals surface area contributed by atoms with E-state index in [0.717, 1.165) is 27.6 Å². The SMILES string of the molecule is Cn1nc(-c2ccc(OCc3ccccc3)nc2OCc2ccccc2)c2ccc(C3CCN(C(=O)OC(C)(C)C)C[C@@H]3OC(=O)c3ccc([N+](=O)[O-])cc3)cc21. The van der Waals surface area contributed by atoms with Crippen LogP contribution in [-0.4, -0.2) is 61.4 Å². The smallest absolute Gasteiger partial charge is 0.410 e. The largest absolute Gasteiger partial charge is 0.473 e. The van der Waals surface area contributed by atoms with Gasteiger partial charge in [0.05, 0.1) is 28.1 Å². The number of rotatable bonds is 11. The molecule has 13 heteroatoms. The van der Waals surface area contributed by atoms with E-state index in [1.807, 2.05) is 98.0 Å². The van der Waals surface area contributed by atoms with Crippen LogP contribution in [-0.2, 0) is 29.7 Å². The van der Waals surface area contributed by atoms with Crippen LogP contribution in [0, 0.1) is 10.1 Å². The number of nitrogens with zero attached hydrogens (tertiary/aromatic N) is 5. The number of aryl methyl sites for hydroxylation is 1. The summed E-state index contributed by atoms with van der Waals surface area (Å²) in [7, 11) is 1.86. The number of non-ortho nitro benzene ring substituents is 1. The monoisotopic (exact) mass is 769 g/mol. The van der Waals surface area contributed by atoms with E-state index in [1.165, 1.54) is 24.3 Å². The first-order valence-electron chi connectivity index (χ1n) is 18.7. The highest BCUT2D eigenvalue weighted by atomic mass is 16.6. The second kappa shape index (κ2) is 16.5. The predicted octanol–water partition coefficient (Wildman–Crippen LogP) is 8.65. The molecule has 1 aliphatic rings. The number of ether oxygens (including phenoxy) is 4. The second-order valence-electron chi connectivity index (χ2n) is 14.9. The fourth-order valence-electron chi connectivity index (χ4n) is 6.79. The molecule has 1 amide bonds. The van der Waals surface area contributed by atoms with E-state index in [-0.39, 0.29) is 23.7 Å². The highest BCUT2D eigenvalue weighted by Crippen LogP contribution is 2.38. The number of hydrogen-bond donors (Lipinski definition) is 0. The Labute approximate surface area is 329 Å². The van der Waals surface area contributed by atoms with Gasteiger partial charge in [0, 0.05) is 43.1 Å². The number of nitro groups is 1. The third-order valence-corrected chi connectivity index (χ3v) is 9.62. The van der Waals surface area contributed by atoms with E-state index in [2.05, 4.69) is 0 Å². The Morgan fingerprint density at radius 2 is 1.53 bits per heavy atom. The van der Waals surface area contributed by atoms with Crippen molar-refractivity contribution >= 4 is 28.7 Å². The zero-order valence-electron chi connectivity index (χ0n) is 32.2. The normalized spacial score (nSPS) is 15.5. The molecule has 1 fully saturated rings. The lowest BCUT2D eigenvalue weighted by Gasteiger charge is -2.38. The van der Waals surface area contributed by atoms with Crippen LogP contribution in [0.5, 0.6) is 11.8 Å². The maximum Gasteiger partial charge on any atom is 0.410 e. The Kier molecular flexibility index (Phi) is 11.2. The average molecular weight is 770 g/mol. The first-order valence-corrected chi connectivity index (χ1v) is 18.7. The molecular formula is C44H43N5O8. The molecule has 292 valence electrons. The molecule has 0 aliphatic carbocycles. The average Bonchev–Trinajstić information content (AvgIpc) is 3.54. The Hall–Kier alpha value is -6.76. The molecule has 0 N–H and O–H groups in total. The van der Waals surface area contributed by atoms with Gasteiger partial charge in [0.2, 0.25) is 11.8 Å². The number of fused-ring (bicyclic) bond motifs is 1. The molecule has 0 bridgehead atoms. The van der Waals surface area contributed by atoms with Crippen LogP contribution in [0.4, 0.5) is 10.5 Å². The first kappa shape index (κ1) is 38.5. The van der Waals surface area contributed by atoms with Crippen molar-refractivity contribution in [1.82, 2.24) is 19.7 Å². The summed E-state index contributed by atoms with van der Waals surface area (Å²) in [5.74, 6) is -0.149. The number of esters is 1. The molecule has 6 aromatic rings. The van der Waals surface area contributed by atoms with Crippen molar-refractivity contribution in [3.63, 3.8) is 0 Å². The van der Waals surface area contributed by atoms with Crippen molar-refractivity contribution in [2.24, 2.45) is 7.05 Å². The molecule has 0 saturated carbocycles. The molecule has 1 saturated heterocycles. The molecule has 2 atom stereocenters. The molecule has 7 rings (SSSR count). The first-order chi connectivity index (χ1) is 27.4. The van der Waals surface area contributed by atoms with Gasteiger partial charge >= 0.3 is 12.1 Å². The number of likely N-dealkylation sites (tertiary alicyclic amines) is 1. The van der Waals surface area contributed by atoms with Gasteiger partial charge in [0.1, 0.15) is 30.6 Å². The Morgan fingerprint density at radius 1 is 0.860 bits per heavy atom. The van der Waals surface area contributed by atoms with Gasteiger partial charge in [0.15, 0.2) is 0 Å². The summed E-state index contributed by atoms with van der Waals surface area (Å²) in [4.78, 5) is 43.6. The lowest BCUT2D eigenvalue weighted by Crippen LogP contribution is -2.49. The van der Waals surface area contributed by atoms with E-state index in [4.69, 9.17) is 29.0 Å². The quantitative estimate of drug-likeness (QED) is 0.0712. The Morgan fingerprint density at radius 3 is 2.18 bits per heavy atom. The predicted molar refractivity (Wildman–Crippen MR) is 213 cm³/mol. The fraction of sp³-hybridized carbons (Fsp3) is 0.273. The van der Waals surface area contributed by atoms with Crippen molar-refractivity contribution in [1.29, 1.82) is 0 Å². The van der Waals surface area contributed by atoms with Crippen LogP contribution in [0.3, 0.4) is 0 Å². The van der Waals surface area contributed by atoms with E-state index in [9.17, 15) is 19.7 Å². The van der Waals surface area contributed by atoms with Gasteiger partial charge in [-0.2, -0.15) is 10.1 Å². The number of aromatic nitrogens is 3. The molecule has 13 nitrogen and oxygen atoms in total. The number of benzene rings is 4. The van der Waals surface area contributed by atoms with Crippen LogP contribution in [0.15, 0.2) is 115 Å². The summed E-state index contributed by atoms with van der Waals surface area (Å²) < 4.78 is 26.0. The number of nitro benzene ring substituents is 1. The van der Waals surface area contributed by atoms with Gasteiger partial charge in [-0.1, -0.05) is 72.8 Å². The number of carbonyl (C=O) groups is 2. The summed E-state index contributed by atoms with van der Waals surface area (Å²) >= 11 is 0. The minimum absolute atomic E-state index is 0.0967. The minimum Gasteiger partial charge on any atom is -0.473 e. The lowest BCUT2D eigenvalue weighted by atomic mass is 9.86. The number of hydrogen-bond acceptors (Lipinski definition) is 10. The van der Waals surface area contributed by atoms with Crippen LogP contribution < -0.4 is 9.47 Å². The third kappa shape index (κ3) is 9.21. The second-order valence-corrected chi connectivity index (χ2v) is 14.9. The van der Waals surface area contributed by atoms with Gasteiger partial charge in [-0.15, -0.1) is 0 Å². The van der Waals surface area contributed by atoms with Crippen molar-refractivity contribution in [2.75, 3.05) is 13.1 Å². The molecule has 57 heavy (non-hydrogen) atoms. The molecular weight excluding hydrogens is 727 g/mol. The Bertz CT molecular complexity index is 2380. The van der Waals surface area contributed by atoms with E-state index >= 15 is 0 Å².